The Morgan fingerprint density at radius 1 is 1.22 bits per heavy atom. The standard InChI is InChI=1S/C22H22ClN5O4/c1-4-13-7-5-6-12(2)18(13)24-17(29)11-27-20-19(25-26-27)21(30)28(22(20)31)14-8-9-16(32-3)15(23)10-14/h5-10,19-20H,4,11H2,1-3H3,(H,24,29)/t19-,20+/m1/s1. The molecule has 0 spiro atoms. The molecule has 9 nitrogen and oxygen atoms in total. The molecule has 0 saturated carbocycles. The molecule has 4 rings (SSSR count). The first-order chi connectivity index (χ1) is 15.3. The molecule has 0 radical (unpaired) electrons. The summed E-state index contributed by atoms with van der Waals surface area (Å²) in [5.74, 6) is -0.945. The summed E-state index contributed by atoms with van der Waals surface area (Å²) in [5, 5.41) is 12.3. The molecule has 0 aromatic heterocycles. The van der Waals surface area contributed by atoms with Crippen LogP contribution in [0.5, 0.6) is 5.75 Å². The normalized spacial score (nSPS) is 19.5. The molecule has 166 valence electrons. The maximum absolute atomic E-state index is 13.1. The van der Waals surface area contributed by atoms with Crippen molar-refractivity contribution in [2.75, 3.05) is 23.9 Å². The number of hydrogen-bond acceptors (Lipinski definition) is 7. The van der Waals surface area contributed by atoms with Crippen LogP contribution < -0.4 is 15.0 Å². The number of anilines is 2. The summed E-state index contributed by atoms with van der Waals surface area (Å²) in [6.45, 7) is 3.71. The average molecular weight is 456 g/mol. The van der Waals surface area contributed by atoms with Gasteiger partial charge in [0.1, 0.15) is 12.3 Å². The molecule has 2 atom stereocenters. The molecule has 2 aromatic carbocycles. The van der Waals surface area contributed by atoms with Crippen LogP contribution in [0.1, 0.15) is 18.1 Å². The van der Waals surface area contributed by atoms with Crippen molar-refractivity contribution in [1.29, 1.82) is 0 Å². The van der Waals surface area contributed by atoms with Gasteiger partial charge in [-0.25, -0.2) is 4.90 Å². The van der Waals surface area contributed by atoms with E-state index >= 15 is 0 Å². The highest BCUT2D eigenvalue weighted by Crippen LogP contribution is 2.35. The zero-order valence-corrected chi connectivity index (χ0v) is 18.6. The number of carbonyl (C=O) groups is 3. The minimum atomic E-state index is -0.999. The second-order valence-electron chi connectivity index (χ2n) is 7.53. The Balaban J connectivity index is 1.51. The monoisotopic (exact) mass is 455 g/mol. The second kappa shape index (κ2) is 8.58. The van der Waals surface area contributed by atoms with E-state index in [4.69, 9.17) is 16.3 Å². The van der Waals surface area contributed by atoms with Crippen molar-refractivity contribution in [3.63, 3.8) is 0 Å². The molecule has 2 heterocycles. The van der Waals surface area contributed by atoms with Crippen molar-refractivity contribution in [2.24, 2.45) is 10.3 Å². The highest BCUT2D eigenvalue weighted by molar-refractivity contribution is 6.33. The molecular formula is C22H22ClN5O4. The Kier molecular flexibility index (Phi) is 5.84. The highest BCUT2D eigenvalue weighted by Gasteiger charge is 2.55. The van der Waals surface area contributed by atoms with E-state index in [0.29, 0.717) is 11.4 Å². The number of nitrogens with zero attached hydrogens (tertiary/aromatic N) is 4. The van der Waals surface area contributed by atoms with Crippen LogP contribution in [0, 0.1) is 6.92 Å². The zero-order chi connectivity index (χ0) is 23.0. The predicted octanol–water partition coefficient (Wildman–Crippen LogP) is 3.15. The molecule has 3 amide bonds. The Morgan fingerprint density at radius 2 is 2.00 bits per heavy atom. The minimum Gasteiger partial charge on any atom is -0.495 e. The lowest BCUT2D eigenvalue weighted by atomic mass is 10.1. The number of aryl methyl sites for hydroxylation is 2. The largest absolute Gasteiger partial charge is 0.495 e. The summed E-state index contributed by atoms with van der Waals surface area (Å²) in [5.41, 5.74) is 3.01. The van der Waals surface area contributed by atoms with E-state index in [9.17, 15) is 14.4 Å². The van der Waals surface area contributed by atoms with Gasteiger partial charge in [-0.1, -0.05) is 41.9 Å². The van der Waals surface area contributed by atoms with Gasteiger partial charge in [0.05, 0.1) is 17.8 Å². The van der Waals surface area contributed by atoms with Gasteiger partial charge in [-0.05, 0) is 42.7 Å². The number of halogens is 1. The molecule has 0 aliphatic carbocycles. The number of nitrogens with one attached hydrogen (secondary N) is 1. The summed E-state index contributed by atoms with van der Waals surface area (Å²) >= 11 is 6.16. The van der Waals surface area contributed by atoms with Gasteiger partial charge < -0.3 is 10.1 Å². The van der Waals surface area contributed by atoms with E-state index in [1.807, 2.05) is 32.0 Å². The number of carbonyl (C=O) groups excluding carboxylic acids is 3. The first-order valence-corrected chi connectivity index (χ1v) is 10.5. The maximum atomic E-state index is 13.1. The molecule has 2 aliphatic rings. The van der Waals surface area contributed by atoms with Gasteiger partial charge in [-0.2, -0.15) is 5.11 Å². The highest BCUT2D eigenvalue weighted by atomic mass is 35.5. The van der Waals surface area contributed by atoms with Gasteiger partial charge in [-0.3, -0.25) is 19.4 Å². The van der Waals surface area contributed by atoms with Crippen LogP contribution in [0.3, 0.4) is 0 Å². The van der Waals surface area contributed by atoms with Crippen LogP contribution in [-0.2, 0) is 20.8 Å². The molecule has 1 fully saturated rings. The van der Waals surface area contributed by atoms with E-state index in [2.05, 4.69) is 15.7 Å². The number of fused-ring (bicyclic) bond motifs is 1. The number of methoxy groups -OCH3 is 1. The zero-order valence-electron chi connectivity index (χ0n) is 17.8. The third kappa shape index (κ3) is 3.69. The maximum Gasteiger partial charge on any atom is 0.263 e. The third-order valence-electron chi connectivity index (χ3n) is 5.56. The van der Waals surface area contributed by atoms with E-state index in [0.717, 1.165) is 28.1 Å². The van der Waals surface area contributed by atoms with Gasteiger partial charge in [0, 0.05) is 5.69 Å². The van der Waals surface area contributed by atoms with Crippen molar-refractivity contribution in [2.45, 2.75) is 32.4 Å². The molecule has 10 heteroatoms. The predicted molar refractivity (Wildman–Crippen MR) is 119 cm³/mol. The Morgan fingerprint density at radius 3 is 2.69 bits per heavy atom. The number of para-hydroxylation sites is 1. The Labute approximate surface area is 190 Å². The van der Waals surface area contributed by atoms with E-state index in [1.54, 1.807) is 12.1 Å². The van der Waals surface area contributed by atoms with Crippen LogP contribution in [0.4, 0.5) is 11.4 Å². The summed E-state index contributed by atoms with van der Waals surface area (Å²) in [4.78, 5) is 39.7. The minimum absolute atomic E-state index is 0.210. The lowest BCUT2D eigenvalue weighted by molar-refractivity contribution is -0.123. The van der Waals surface area contributed by atoms with Crippen molar-refractivity contribution >= 4 is 40.7 Å². The molecule has 0 bridgehead atoms. The number of ether oxygens (including phenoxy) is 1. The lowest BCUT2D eigenvalue weighted by Gasteiger charge is -2.21. The summed E-state index contributed by atoms with van der Waals surface area (Å²) in [6, 6.07) is 8.45. The van der Waals surface area contributed by atoms with E-state index < -0.39 is 23.9 Å². The number of hydrogen-bond donors (Lipinski definition) is 1. The second-order valence-corrected chi connectivity index (χ2v) is 7.94. The third-order valence-corrected chi connectivity index (χ3v) is 5.86. The Hall–Kier alpha value is -3.46. The molecule has 2 aliphatic heterocycles. The van der Waals surface area contributed by atoms with Crippen LogP contribution in [-0.4, -0.2) is 48.5 Å². The first-order valence-electron chi connectivity index (χ1n) is 10.1. The molecular weight excluding hydrogens is 434 g/mol. The lowest BCUT2D eigenvalue weighted by Crippen LogP contribution is -2.43. The van der Waals surface area contributed by atoms with Crippen LogP contribution in [0.2, 0.25) is 5.02 Å². The van der Waals surface area contributed by atoms with Gasteiger partial charge in [0.15, 0.2) is 12.1 Å². The van der Waals surface area contributed by atoms with Crippen molar-refractivity contribution in [1.82, 2.24) is 5.01 Å². The van der Waals surface area contributed by atoms with E-state index in [1.165, 1.54) is 18.2 Å². The summed E-state index contributed by atoms with van der Waals surface area (Å²) in [6.07, 6.45) is 0.762. The van der Waals surface area contributed by atoms with Crippen molar-refractivity contribution in [3.05, 3.63) is 52.5 Å². The van der Waals surface area contributed by atoms with E-state index in [-0.39, 0.29) is 17.5 Å². The fourth-order valence-corrected chi connectivity index (χ4v) is 4.18. The molecule has 2 aromatic rings. The number of rotatable bonds is 6. The number of imide groups is 1. The Bertz CT molecular complexity index is 1140. The number of amides is 3. The smallest absolute Gasteiger partial charge is 0.263 e. The molecule has 0 unspecified atom stereocenters. The SMILES string of the molecule is CCc1cccc(C)c1NC(=O)CN1N=N[C@H]2C(=O)N(c3ccc(OC)c(Cl)c3)C(=O)[C@H]21. The van der Waals surface area contributed by atoms with Crippen LogP contribution >= 0.6 is 11.6 Å². The average Bonchev–Trinajstić information content (AvgIpc) is 3.29. The summed E-state index contributed by atoms with van der Waals surface area (Å²) in [7, 11) is 1.47. The molecule has 32 heavy (non-hydrogen) atoms. The number of benzene rings is 2. The fraction of sp³-hybridized carbons (Fsp3) is 0.318. The van der Waals surface area contributed by atoms with Crippen LogP contribution in [0.25, 0.3) is 0 Å². The molecule has 1 N–H and O–H groups in total. The first kappa shape index (κ1) is 21.8. The van der Waals surface area contributed by atoms with Gasteiger partial charge in [0.25, 0.3) is 11.8 Å². The van der Waals surface area contributed by atoms with Gasteiger partial charge >= 0.3 is 0 Å². The fourth-order valence-electron chi connectivity index (χ4n) is 3.93. The van der Waals surface area contributed by atoms with Crippen molar-refractivity contribution in [3.8, 4) is 5.75 Å². The topological polar surface area (TPSA) is 104 Å². The summed E-state index contributed by atoms with van der Waals surface area (Å²) < 4.78 is 5.12. The van der Waals surface area contributed by atoms with Gasteiger partial charge in [0.2, 0.25) is 5.91 Å². The quantitative estimate of drug-likeness (QED) is 0.674. The molecule has 1 saturated heterocycles. The van der Waals surface area contributed by atoms with Crippen LogP contribution in [0.15, 0.2) is 46.7 Å². The van der Waals surface area contributed by atoms with Crippen molar-refractivity contribution < 1.29 is 19.1 Å². The van der Waals surface area contributed by atoms with Gasteiger partial charge in [-0.15, -0.1) is 0 Å².